The Hall–Kier alpha value is -2.23. The maximum atomic E-state index is 12.0. The Morgan fingerprint density at radius 1 is 1.10 bits per heavy atom. The van der Waals surface area contributed by atoms with Crippen LogP contribution in [-0.4, -0.2) is 16.2 Å². The fourth-order valence-corrected chi connectivity index (χ4v) is 1.70. The molecule has 0 spiro atoms. The third kappa shape index (κ3) is 2.69. The first-order valence-electron chi connectivity index (χ1n) is 6.51. The molecule has 106 valence electrons. The van der Waals surface area contributed by atoms with E-state index in [2.05, 4.69) is 0 Å². The molecule has 2 rings (SSSR count). The van der Waals surface area contributed by atoms with E-state index in [1.807, 2.05) is 20.8 Å². The SMILES string of the molecule is CCC(C)(C)C(=O)Oc1ccc2cc(O)c(O)cc2c1. The van der Waals surface area contributed by atoms with Crippen LogP contribution in [0.3, 0.4) is 0 Å². The fraction of sp³-hybridized carbons (Fsp3) is 0.312. The number of aromatic hydroxyl groups is 2. The van der Waals surface area contributed by atoms with E-state index in [1.165, 1.54) is 12.1 Å². The van der Waals surface area contributed by atoms with Crippen LogP contribution in [0.1, 0.15) is 27.2 Å². The van der Waals surface area contributed by atoms with Gasteiger partial charge in [0.2, 0.25) is 0 Å². The van der Waals surface area contributed by atoms with E-state index in [-0.39, 0.29) is 17.5 Å². The summed E-state index contributed by atoms with van der Waals surface area (Å²) >= 11 is 0. The molecule has 0 aliphatic heterocycles. The second-order valence-electron chi connectivity index (χ2n) is 5.48. The van der Waals surface area contributed by atoms with Crippen LogP contribution in [0.2, 0.25) is 0 Å². The standard InChI is InChI=1S/C16H18O4/c1-4-16(2,3)15(19)20-12-6-5-10-8-13(17)14(18)9-11(10)7-12/h5-9,17-18H,4H2,1-3H3. The van der Waals surface area contributed by atoms with Gasteiger partial charge in [-0.05, 0) is 55.3 Å². The Balaban J connectivity index is 2.33. The van der Waals surface area contributed by atoms with Gasteiger partial charge in [-0.15, -0.1) is 0 Å². The van der Waals surface area contributed by atoms with Crippen molar-refractivity contribution in [3.8, 4) is 17.2 Å². The van der Waals surface area contributed by atoms with Crippen molar-refractivity contribution in [1.82, 2.24) is 0 Å². The summed E-state index contributed by atoms with van der Waals surface area (Å²) in [6, 6.07) is 7.97. The number of carbonyl (C=O) groups excluding carboxylic acids is 1. The van der Waals surface area contributed by atoms with Gasteiger partial charge in [0.15, 0.2) is 11.5 Å². The number of benzene rings is 2. The topological polar surface area (TPSA) is 66.8 Å². The molecule has 0 aromatic heterocycles. The number of carbonyl (C=O) groups is 1. The average molecular weight is 274 g/mol. The molecular formula is C16H18O4. The molecule has 0 radical (unpaired) electrons. The predicted octanol–water partition coefficient (Wildman–Crippen LogP) is 3.59. The van der Waals surface area contributed by atoms with Crippen molar-refractivity contribution in [2.45, 2.75) is 27.2 Å². The van der Waals surface area contributed by atoms with E-state index in [9.17, 15) is 15.0 Å². The first kappa shape index (κ1) is 14.2. The zero-order chi connectivity index (χ0) is 14.9. The zero-order valence-corrected chi connectivity index (χ0v) is 11.8. The lowest BCUT2D eigenvalue weighted by Gasteiger charge is -2.20. The molecule has 2 N–H and O–H groups in total. The maximum absolute atomic E-state index is 12.0. The molecule has 4 heteroatoms. The molecule has 4 nitrogen and oxygen atoms in total. The van der Waals surface area contributed by atoms with E-state index in [0.717, 1.165) is 5.39 Å². The normalized spacial score (nSPS) is 11.6. The Bertz CT molecular complexity index is 659. The van der Waals surface area contributed by atoms with Crippen molar-refractivity contribution >= 4 is 16.7 Å². The highest BCUT2D eigenvalue weighted by Gasteiger charge is 2.27. The molecule has 0 heterocycles. The minimum atomic E-state index is -0.536. The van der Waals surface area contributed by atoms with E-state index < -0.39 is 5.41 Å². The highest BCUT2D eigenvalue weighted by molar-refractivity contribution is 5.88. The van der Waals surface area contributed by atoms with E-state index in [1.54, 1.807) is 18.2 Å². The summed E-state index contributed by atoms with van der Waals surface area (Å²) in [6.07, 6.45) is 0.689. The van der Waals surface area contributed by atoms with Crippen LogP contribution in [0.4, 0.5) is 0 Å². The predicted molar refractivity (Wildman–Crippen MR) is 77.0 cm³/mol. The monoisotopic (exact) mass is 274 g/mol. The van der Waals surface area contributed by atoms with Crippen LogP contribution < -0.4 is 4.74 Å². The third-order valence-corrected chi connectivity index (χ3v) is 3.55. The molecule has 2 aromatic carbocycles. The molecule has 0 aliphatic rings. The second kappa shape index (κ2) is 5.04. The highest BCUT2D eigenvalue weighted by atomic mass is 16.5. The van der Waals surface area contributed by atoms with Gasteiger partial charge in [-0.3, -0.25) is 4.79 Å². The number of phenols is 2. The summed E-state index contributed by atoms with van der Waals surface area (Å²) in [5, 5.41) is 20.4. The number of hydrogen-bond donors (Lipinski definition) is 2. The lowest BCUT2D eigenvalue weighted by molar-refractivity contribution is -0.144. The fourth-order valence-electron chi connectivity index (χ4n) is 1.70. The number of fused-ring (bicyclic) bond motifs is 1. The van der Waals surface area contributed by atoms with E-state index >= 15 is 0 Å². The van der Waals surface area contributed by atoms with Crippen molar-refractivity contribution < 1.29 is 19.7 Å². The molecule has 0 saturated heterocycles. The second-order valence-corrected chi connectivity index (χ2v) is 5.48. The van der Waals surface area contributed by atoms with Crippen LogP contribution in [-0.2, 0) is 4.79 Å². The van der Waals surface area contributed by atoms with Crippen molar-refractivity contribution in [3.63, 3.8) is 0 Å². The largest absolute Gasteiger partial charge is 0.504 e. The molecule has 0 bridgehead atoms. The Morgan fingerprint density at radius 3 is 2.30 bits per heavy atom. The van der Waals surface area contributed by atoms with E-state index in [0.29, 0.717) is 17.6 Å². The minimum Gasteiger partial charge on any atom is -0.504 e. The van der Waals surface area contributed by atoms with E-state index in [4.69, 9.17) is 4.74 Å². The number of rotatable bonds is 3. The summed E-state index contributed by atoms with van der Waals surface area (Å²) in [4.78, 5) is 12.0. The quantitative estimate of drug-likeness (QED) is 0.510. The highest BCUT2D eigenvalue weighted by Crippen LogP contribution is 2.32. The Morgan fingerprint density at radius 2 is 1.70 bits per heavy atom. The van der Waals surface area contributed by atoms with Crippen molar-refractivity contribution in [2.24, 2.45) is 5.41 Å². The molecule has 0 unspecified atom stereocenters. The molecule has 20 heavy (non-hydrogen) atoms. The molecule has 0 amide bonds. The summed E-state index contributed by atoms with van der Waals surface area (Å²) in [7, 11) is 0. The summed E-state index contributed by atoms with van der Waals surface area (Å²) in [6.45, 7) is 5.60. The van der Waals surface area contributed by atoms with Crippen LogP contribution in [0, 0.1) is 5.41 Å². The Kier molecular flexibility index (Phi) is 3.57. The van der Waals surface area contributed by atoms with Gasteiger partial charge in [-0.25, -0.2) is 0 Å². The van der Waals surface area contributed by atoms with Crippen LogP contribution in [0.5, 0.6) is 17.2 Å². The van der Waals surface area contributed by atoms with Gasteiger partial charge in [-0.2, -0.15) is 0 Å². The van der Waals surface area contributed by atoms with Crippen molar-refractivity contribution in [2.75, 3.05) is 0 Å². The molecule has 0 fully saturated rings. The lowest BCUT2D eigenvalue weighted by atomic mass is 9.91. The summed E-state index contributed by atoms with van der Waals surface area (Å²) in [5.41, 5.74) is -0.536. The van der Waals surface area contributed by atoms with Gasteiger partial charge in [0.25, 0.3) is 0 Å². The van der Waals surface area contributed by atoms with Gasteiger partial charge in [0.05, 0.1) is 5.41 Å². The number of phenolic OH excluding ortho intramolecular Hbond substituents is 2. The van der Waals surface area contributed by atoms with Crippen molar-refractivity contribution in [1.29, 1.82) is 0 Å². The molecular weight excluding hydrogens is 256 g/mol. The van der Waals surface area contributed by atoms with Crippen LogP contribution in [0.25, 0.3) is 10.8 Å². The van der Waals surface area contributed by atoms with Crippen molar-refractivity contribution in [3.05, 3.63) is 30.3 Å². The number of esters is 1. The first-order valence-corrected chi connectivity index (χ1v) is 6.51. The first-order chi connectivity index (χ1) is 9.33. The van der Waals surface area contributed by atoms with Crippen LogP contribution in [0.15, 0.2) is 30.3 Å². The van der Waals surface area contributed by atoms with Gasteiger partial charge >= 0.3 is 5.97 Å². The van der Waals surface area contributed by atoms with Gasteiger partial charge < -0.3 is 14.9 Å². The van der Waals surface area contributed by atoms with Gasteiger partial charge in [-0.1, -0.05) is 13.0 Å². The Labute approximate surface area is 117 Å². The van der Waals surface area contributed by atoms with Gasteiger partial charge in [0, 0.05) is 0 Å². The van der Waals surface area contributed by atoms with Gasteiger partial charge in [0.1, 0.15) is 5.75 Å². The number of hydrogen-bond acceptors (Lipinski definition) is 4. The third-order valence-electron chi connectivity index (χ3n) is 3.55. The van der Waals surface area contributed by atoms with Crippen LogP contribution >= 0.6 is 0 Å². The molecule has 0 atom stereocenters. The smallest absolute Gasteiger partial charge is 0.316 e. The molecule has 0 saturated carbocycles. The molecule has 0 aliphatic carbocycles. The molecule has 2 aromatic rings. The minimum absolute atomic E-state index is 0.172. The average Bonchev–Trinajstić information content (AvgIpc) is 2.40. The summed E-state index contributed by atoms with van der Waals surface area (Å²) < 4.78 is 5.37. The zero-order valence-electron chi connectivity index (χ0n) is 11.8. The maximum Gasteiger partial charge on any atom is 0.316 e. The summed E-state index contributed by atoms with van der Waals surface area (Å²) in [5.74, 6) is -0.235. The lowest BCUT2D eigenvalue weighted by Crippen LogP contribution is -2.28. The number of ether oxygens (including phenoxy) is 1.